The number of nitrogens with zero attached hydrogens (tertiary/aromatic N) is 3. The summed E-state index contributed by atoms with van der Waals surface area (Å²) in [6.07, 6.45) is 1.72. The number of nitrogens with two attached hydrogens (primary N) is 1. The van der Waals surface area contributed by atoms with E-state index in [1.807, 2.05) is 19.1 Å². The third-order valence-corrected chi connectivity index (χ3v) is 1.99. The first-order valence-corrected chi connectivity index (χ1v) is 4.14. The maximum absolute atomic E-state index is 8.50. The lowest BCUT2D eigenvalue weighted by Gasteiger charge is -1.98. The van der Waals surface area contributed by atoms with Crippen molar-refractivity contribution in [3.63, 3.8) is 0 Å². The van der Waals surface area contributed by atoms with Gasteiger partial charge in [-0.2, -0.15) is 5.10 Å². The van der Waals surface area contributed by atoms with Crippen LogP contribution in [0.15, 0.2) is 29.6 Å². The van der Waals surface area contributed by atoms with Crippen molar-refractivity contribution in [3.8, 4) is 0 Å². The van der Waals surface area contributed by atoms with Gasteiger partial charge in [-0.1, -0.05) is 5.16 Å². The van der Waals surface area contributed by atoms with Crippen LogP contribution < -0.4 is 5.73 Å². The van der Waals surface area contributed by atoms with E-state index in [-0.39, 0.29) is 5.84 Å². The number of oxime groups is 1. The van der Waals surface area contributed by atoms with Crippen molar-refractivity contribution in [2.75, 3.05) is 0 Å². The van der Waals surface area contributed by atoms with Crippen LogP contribution in [0.5, 0.6) is 0 Å². The van der Waals surface area contributed by atoms with E-state index in [0.29, 0.717) is 5.56 Å². The molecule has 5 heteroatoms. The van der Waals surface area contributed by atoms with Gasteiger partial charge in [0.1, 0.15) is 0 Å². The average molecular weight is 190 g/mol. The van der Waals surface area contributed by atoms with Crippen molar-refractivity contribution in [3.05, 3.63) is 35.7 Å². The molecule has 0 aliphatic carbocycles. The third-order valence-electron chi connectivity index (χ3n) is 1.99. The van der Waals surface area contributed by atoms with E-state index in [1.165, 1.54) is 0 Å². The number of aryl methyl sites for hydroxylation is 1. The van der Waals surface area contributed by atoms with Crippen LogP contribution in [0.1, 0.15) is 11.3 Å². The number of amidine groups is 1. The van der Waals surface area contributed by atoms with Crippen molar-refractivity contribution >= 4 is 11.4 Å². The van der Waals surface area contributed by atoms with Gasteiger partial charge in [-0.3, -0.25) is 0 Å². The molecule has 2 aromatic rings. The Morgan fingerprint density at radius 1 is 1.57 bits per heavy atom. The highest BCUT2D eigenvalue weighted by molar-refractivity contribution is 5.96. The first kappa shape index (κ1) is 8.55. The fourth-order valence-corrected chi connectivity index (χ4v) is 1.32. The summed E-state index contributed by atoms with van der Waals surface area (Å²) >= 11 is 0. The highest BCUT2D eigenvalue weighted by Gasteiger charge is 2.02. The predicted octanol–water partition coefficient (Wildman–Crippen LogP) is 0.737. The van der Waals surface area contributed by atoms with Gasteiger partial charge in [-0.05, 0) is 25.1 Å². The summed E-state index contributed by atoms with van der Waals surface area (Å²) in [7, 11) is 0. The van der Waals surface area contributed by atoms with Crippen LogP contribution in [0.3, 0.4) is 0 Å². The molecule has 14 heavy (non-hydrogen) atoms. The molecule has 72 valence electrons. The second kappa shape index (κ2) is 3.02. The van der Waals surface area contributed by atoms with Gasteiger partial charge >= 0.3 is 0 Å². The Hall–Kier alpha value is -2.04. The molecule has 2 rings (SSSR count). The zero-order valence-corrected chi connectivity index (χ0v) is 7.68. The molecule has 0 aliphatic heterocycles. The summed E-state index contributed by atoms with van der Waals surface area (Å²) in [6.45, 7) is 1.91. The summed E-state index contributed by atoms with van der Waals surface area (Å²) in [5.74, 6) is 0.0834. The molecule has 0 bridgehead atoms. The van der Waals surface area contributed by atoms with Gasteiger partial charge in [0.25, 0.3) is 0 Å². The van der Waals surface area contributed by atoms with Crippen molar-refractivity contribution in [1.82, 2.24) is 9.61 Å². The molecular weight excluding hydrogens is 180 g/mol. The summed E-state index contributed by atoms with van der Waals surface area (Å²) in [5, 5.41) is 15.6. The molecule has 5 nitrogen and oxygen atoms in total. The molecule has 0 saturated carbocycles. The molecule has 0 spiro atoms. The lowest BCUT2D eigenvalue weighted by Crippen LogP contribution is -2.13. The van der Waals surface area contributed by atoms with Gasteiger partial charge in [0.2, 0.25) is 0 Å². The Kier molecular flexibility index (Phi) is 1.85. The van der Waals surface area contributed by atoms with Crippen LogP contribution >= 0.6 is 0 Å². The molecule has 0 aromatic carbocycles. The van der Waals surface area contributed by atoms with Gasteiger partial charge in [0, 0.05) is 11.8 Å². The van der Waals surface area contributed by atoms with Gasteiger partial charge < -0.3 is 10.9 Å². The molecule has 0 unspecified atom stereocenters. The van der Waals surface area contributed by atoms with E-state index in [0.717, 1.165) is 11.2 Å². The fraction of sp³-hybridized carbons (Fsp3) is 0.111. The summed E-state index contributed by atoms with van der Waals surface area (Å²) in [5.41, 5.74) is 8.01. The quantitative estimate of drug-likeness (QED) is 0.301. The minimum absolute atomic E-state index is 0.0834. The van der Waals surface area contributed by atoms with Gasteiger partial charge in [-0.25, -0.2) is 4.52 Å². The zero-order valence-electron chi connectivity index (χ0n) is 7.68. The second-order valence-electron chi connectivity index (χ2n) is 3.06. The van der Waals surface area contributed by atoms with Crippen LogP contribution in [-0.4, -0.2) is 20.7 Å². The third kappa shape index (κ3) is 1.28. The Morgan fingerprint density at radius 2 is 2.36 bits per heavy atom. The van der Waals surface area contributed by atoms with E-state index in [4.69, 9.17) is 10.9 Å². The first-order chi connectivity index (χ1) is 6.70. The molecule has 0 aliphatic rings. The number of hydrogen-bond donors (Lipinski definition) is 2. The smallest absolute Gasteiger partial charge is 0.171 e. The highest BCUT2D eigenvalue weighted by Crippen LogP contribution is 2.07. The van der Waals surface area contributed by atoms with Gasteiger partial charge in [0.15, 0.2) is 5.84 Å². The molecule has 0 atom stereocenters. The number of aromatic nitrogens is 2. The Bertz CT molecular complexity index is 500. The summed E-state index contributed by atoms with van der Waals surface area (Å²) in [6, 6.07) is 5.61. The number of hydrogen-bond acceptors (Lipinski definition) is 3. The lowest BCUT2D eigenvalue weighted by molar-refractivity contribution is 0.318. The van der Waals surface area contributed by atoms with E-state index in [9.17, 15) is 0 Å². The Balaban J connectivity index is 2.61. The van der Waals surface area contributed by atoms with Crippen molar-refractivity contribution in [1.29, 1.82) is 0 Å². The van der Waals surface area contributed by atoms with Crippen LogP contribution in [0, 0.1) is 6.92 Å². The summed E-state index contributed by atoms with van der Waals surface area (Å²) in [4.78, 5) is 0. The van der Waals surface area contributed by atoms with E-state index in [1.54, 1.807) is 16.8 Å². The van der Waals surface area contributed by atoms with Crippen LogP contribution in [0.25, 0.3) is 5.52 Å². The molecule has 0 saturated heterocycles. The van der Waals surface area contributed by atoms with Crippen molar-refractivity contribution in [2.24, 2.45) is 10.9 Å². The molecule has 3 N–H and O–H groups in total. The lowest BCUT2D eigenvalue weighted by atomic mass is 10.2. The Morgan fingerprint density at radius 3 is 3.07 bits per heavy atom. The molecule has 2 aromatic heterocycles. The fourth-order valence-electron chi connectivity index (χ4n) is 1.32. The molecular formula is C9H10N4O. The number of fused-ring (bicyclic) bond motifs is 1. The first-order valence-electron chi connectivity index (χ1n) is 4.14. The topological polar surface area (TPSA) is 75.9 Å². The van der Waals surface area contributed by atoms with Crippen LogP contribution in [-0.2, 0) is 0 Å². The number of pyridine rings is 1. The highest BCUT2D eigenvalue weighted by atomic mass is 16.4. The molecule has 0 radical (unpaired) electrons. The van der Waals surface area contributed by atoms with Crippen LogP contribution in [0.4, 0.5) is 0 Å². The normalized spacial score (nSPS) is 12.2. The standard InChI is InChI=1S/C9H10N4O/c1-6-4-8-3-2-7(9(10)12-14)5-13(8)11-6/h2-5,14H,1H3,(H2,10,12). The van der Waals surface area contributed by atoms with Gasteiger partial charge in [0.05, 0.1) is 11.2 Å². The minimum atomic E-state index is 0.0834. The molecule has 0 amide bonds. The SMILES string of the molecule is Cc1cc2ccc(/C(N)=N\O)cn2n1. The predicted molar refractivity (Wildman–Crippen MR) is 52.4 cm³/mol. The van der Waals surface area contributed by atoms with E-state index in [2.05, 4.69) is 10.3 Å². The van der Waals surface area contributed by atoms with Crippen LogP contribution in [0.2, 0.25) is 0 Å². The van der Waals surface area contributed by atoms with Gasteiger partial charge in [-0.15, -0.1) is 0 Å². The van der Waals surface area contributed by atoms with E-state index < -0.39 is 0 Å². The largest absolute Gasteiger partial charge is 0.409 e. The number of rotatable bonds is 1. The maximum Gasteiger partial charge on any atom is 0.171 e. The minimum Gasteiger partial charge on any atom is -0.409 e. The molecule has 0 fully saturated rings. The Labute approximate surface area is 80.5 Å². The zero-order chi connectivity index (χ0) is 10.1. The van der Waals surface area contributed by atoms with Crippen molar-refractivity contribution in [2.45, 2.75) is 6.92 Å². The molecule has 2 heterocycles. The maximum atomic E-state index is 8.50. The van der Waals surface area contributed by atoms with Crippen molar-refractivity contribution < 1.29 is 5.21 Å². The average Bonchev–Trinajstić information content (AvgIpc) is 2.55. The second-order valence-corrected chi connectivity index (χ2v) is 3.06. The monoisotopic (exact) mass is 190 g/mol. The van der Waals surface area contributed by atoms with E-state index >= 15 is 0 Å². The summed E-state index contributed by atoms with van der Waals surface area (Å²) < 4.78 is 1.70.